The maximum absolute atomic E-state index is 12.8. The number of furan rings is 1. The molecule has 0 unspecified atom stereocenters. The van der Waals surface area contributed by atoms with Crippen LogP contribution in [0.1, 0.15) is 21.6 Å². The van der Waals surface area contributed by atoms with Crippen LogP contribution >= 0.6 is 0 Å². The Morgan fingerprint density at radius 2 is 1.86 bits per heavy atom. The Balaban J connectivity index is 1.75. The number of benzene rings is 2. The molecule has 0 saturated heterocycles. The zero-order chi connectivity index (χ0) is 19.8. The zero-order valence-corrected chi connectivity index (χ0v) is 15.9. The fraction of sp³-hybridized carbons (Fsp3) is 0.182. The molecule has 4 aromatic rings. The Kier molecular flexibility index (Phi) is 4.39. The number of nitrogens with zero attached hydrogens (tertiary/aromatic N) is 1. The zero-order valence-electron chi connectivity index (χ0n) is 15.9. The third-order valence-corrected chi connectivity index (χ3v) is 4.78. The second kappa shape index (κ2) is 6.88. The summed E-state index contributed by atoms with van der Waals surface area (Å²) in [5.74, 6) is -0.755. The standard InChI is InChI=1S/C22H20N2O4/c1-13-8-9-16(14(2)10-13)23-20(25)12-24-17(22(26)27-3)11-19-21(24)15-6-4-5-7-18(15)28-19/h4-11H,12H2,1-3H3,(H,23,25). The number of methoxy groups -OCH3 is 1. The Labute approximate surface area is 161 Å². The van der Waals surface area contributed by atoms with Crippen LogP contribution in [0.3, 0.4) is 0 Å². The summed E-state index contributed by atoms with van der Waals surface area (Å²) in [4.78, 5) is 25.0. The fourth-order valence-corrected chi connectivity index (χ4v) is 3.47. The van der Waals surface area contributed by atoms with E-state index in [1.165, 1.54) is 7.11 Å². The van der Waals surface area contributed by atoms with E-state index in [4.69, 9.17) is 9.15 Å². The van der Waals surface area contributed by atoms with Gasteiger partial charge in [0.05, 0.1) is 12.6 Å². The van der Waals surface area contributed by atoms with Gasteiger partial charge in [0.25, 0.3) is 0 Å². The minimum atomic E-state index is -0.519. The number of rotatable bonds is 4. The largest absolute Gasteiger partial charge is 0.464 e. The Morgan fingerprint density at radius 1 is 1.07 bits per heavy atom. The van der Waals surface area contributed by atoms with Crippen molar-refractivity contribution in [3.63, 3.8) is 0 Å². The molecule has 0 aliphatic rings. The van der Waals surface area contributed by atoms with Crippen LogP contribution in [-0.4, -0.2) is 23.6 Å². The highest BCUT2D eigenvalue weighted by Crippen LogP contribution is 2.31. The van der Waals surface area contributed by atoms with Crippen LogP contribution in [0.2, 0.25) is 0 Å². The second-order valence-electron chi connectivity index (χ2n) is 6.78. The van der Waals surface area contributed by atoms with Crippen LogP contribution < -0.4 is 5.32 Å². The molecule has 4 rings (SSSR count). The monoisotopic (exact) mass is 376 g/mol. The summed E-state index contributed by atoms with van der Waals surface area (Å²) >= 11 is 0. The van der Waals surface area contributed by atoms with Crippen LogP contribution in [0.4, 0.5) is 5.69 Å². The van der Waals surface area contributed by atoms with Gasteiger partial charge in [-0.15, -0.1) is 0 Å². The molecular formula is C22H20N2O4. The topological polar surface area (TPSA) is 73.5 Å². The fourth-order valence-electron chi connectivity index (χ4n) is 3.47. The van der Waals surface area contributed by atoms with Gasteiger partial charge < -0.3 is 19.0 Å². The Bertz CT molecular complexity index is 1220. The molecule has 0 fully saturated rings. The number of para-hydroxylation sites is 1. The summed E-state index contributed by atoms with van der Waals surface area (Å²) in [6.07, 6.45) is 0. The first-order chi connectivity index (χ1) is 13.5. The number of ether oxygens (including phenoxy) is 1. The van der Waals surface area contributed by atoms with Gasteiger partial charge in [0.1, 0.15) is 17.8 Å². The van der Waals surface area contributed by atoms with Crippen molar-refractivity contribution in [2.45, 2.75) is 20.4 Å². The molecule has 2 aromatic carbocycles. The van der Waals surface area contributed by atoms with Crippen molar-refractivity contribution >= 4 is 39.6 Å². The molecule has 0 radical (unpaired) electrons. The summed E-state index contributed by atoms with van der Waals surface area (Å²) in [5, 5.41) is 3.76. The van der Waals surface area contributed by atoms with E-state index in [0.29, 0.717) is 16.7 Å². The number of aromatic nitrogens is 1. The van der Waals surface area contributed by atoms with Crippen LogP contribution in [0, 0.1) is 13.8 Å². The minimum absolute atomic E-state index is 0.0369. The molecule has 0 spiro atoms. The van der Waals surface area contributed by atoms with Crippen LogP contribution in [0.25, 0.3) is 22.1 Å². The summed E-state index contributed by atoms with van der Waals surface area (Å²) in [6, 6.07) is 15.0. The van der Waals surface area contributed by atoms with E-state index >= 15 is 0 Å². The van der Waals surface area contributed by atoms with E-state index in [0.717, 1.165) is 22.2 Å². The number of esters is 1. The molecule has 6 heteroatoms. The number of carbonyl (C=O) groups is 2. The molecule has 0 saturated carbocycles. The maximum atomic E-state index is 12.8. The molecule has 0 bridgehead atoms. The van der Waals surface area contributed by atoms with Crippen molar-refractivity contribution in [1.82, 2.24) is 4.57 Å². The van der Waals surface area contributed by atoms with Crippen molar-refractivity contribution < 1.29 is 18.7 Å². The predicted molar refractivity (Wildman–Crippen MR) is 108 cm³/mol. The molecule has 28 heavy (non-hydrogen) atoms. The summed E-state index contributed by atoms with van der Waals surface area (Å²) in [5.41, 5.74) is 5.07. The lowest BCUT2D eigenvalue weighted by molar-refractivity contribution is -0.116. The van der Waals surface area contributed by atoms with Gasteiger partial charge in [0, 0.05) is 17.1 Å². The first-order valence-electron chi connectivity index (χ1n) is 8.94. The van der Waals surface area contributed by atoms with Gasteiger partial charge in [-0.2, -0.15) is 0 Å². The number of fused-ring (bicyclic) bond motifs is 3. The molecule has 1 N–H and O–H groups in total. The van der Waals surface area contributed by atoms with Crippen molar-refractivity contribution in [2.24, 2.45) is 0 Å². The van der Waals surface area contributed by atoms with Crippen molar-refractivity contribution in [1.29, 1.82) is 0 Å². The maximum Gasteiger partial charge on any atom is 0.354 e. The average Bonchev–Trinajstić information content (AvgIpc) is 3.20. The molecular weight excluding hydrogens is 356 g/mol. The van der Waals surface area contributed by atoms with E-state index in [1.54, 1.807) is 10.6 Å². The summed E-state index contributed by atoms with van der Waals surface area (Å²) in [7, 11) is 1.31. The number of hydrogen-bond acceptors (Lipinski definition) is 4. The molecule has 0 aliphatic carbocycles. The lowest BCUT2D eigenvalue weighted by Crippen LogP contribution is -2.22. The van der Waals surface area contributed by atoms with E-state index in [1.807, 2.05) is 56.3 Å². The van der Waals surface area contributed by atoms with Crippen LogP contribution in [-0.2, 0) is 16.1 Å². The van der Waals surface area contributed by atoms with Crippen LogP contribution in [0.15, 0.2) is 52.9 Å². The number of amides is 1. The third-order valence-electron chi connectivity index (χ3n) is 4.78. The van der Waals surface area contributed by atoms with E-state index in [-0.39, 0.29) is 18.1 Å². The predicted octanol–water partition coefficient (Wildman–Crippen LogP) is 4.43. The minimum Gasteiger partial charge on any atom is -0.464 e. The van der Waals surface area contributed by atoms with Gasteiger partial charge in [-0.3, -0.25) is 4.79 Å². The van der Waals surface area contributed by atoms with Crippen molar-refractivity contribution in [2.75, 3.05) is 12.4 Å². The summed E-state index contributed by atoms with van der Waals surface area (Å²) in [6.45, 7) is 3.91. The normalized spacial score (nSPS) is 11.1. The van der Waals surface area contributed by atoms with Gasteiger partial charge in [0.2, 0.25) is 5.91 Å². The molecule has 0 aliphatic heterocycles. The lowest BCUT2D eigenvalue weighted by Gasteiger charge is -2.12. The van der Waals surface area contributed by atoms with Gasteiger partial charge >= 0.3 is 5.97 Å². The highest BCUT2D eigenvalue weighted by Gasteiger charge is 2.22. The second-order valence-corrected chi connectivity index (χ2v) is 6.78. The highest BCUT2D eigenvalue weighted by atomic mass is 16.5. The molecule has 1 amide bonds. The van der Waals surface area contributed by atoms with Crippen molar-refractivity contribution in [3.05, 3.63) is 65.4 Å². The first kappa shape index (κ1) is 17.9. The van der Waals surface area contributed by atoms with Crippen LogP contribution in [0.5, 0.6) is 0 Å². The Hall–Kier alpha value is -3.54. The number of anilines is 1. The third kappa shape index (κ3) is 3.03. The number of aryl methyl sites for hydroxylation is 2. The Morgan fingerprint density at radius 3 is 2.61 bits per heavy atom. The van der Waals surface area contributed by atoms with E-state index in [2.05, 4.69) is 5.32 Å². The number of hydrogen-bond donors (Lipinski definition) is 1. The van der Waals surface area contributed by atoms with E-state index in [9.17, 15) is 9.59 Å². The SMILES string of the molecule is COC(=O)c1cc2oc3ccccc3c2n1CC(=O)Nc1ccc(C)cc1C. The van der Waals surface area contributed by atoms with E-state index < -0.39 is 5.97 Å². The summed E-state index contributed by atoms with van der Waals surface area (Å²) < 4.78 is 12.4. The quantitative estimate of drug-likeness (QED) is 0.535. The molecule has 2 heterocycles. The molecule has 6 nitrogen and oxygen atoms in total. The molecule has 142 valence electrons. The number of carbonyl (C=O) groups excluding carboxylic acids is 2. The average molecular weight is 376 g/mol. The van der Waals surface area contributed by atoms with Gasteiger partial charge in [0.15, 0.2) is 5.58 Å². The smallest absolute Gasteiger partial charge is 0.354 e. The highest BCUT2D eigenvalue weighted by molar-refractivity contribution is 6.07. The molecule has 0 atom stereocenters. The van der Waals surface area contributed by atoms with Gasteiger partial charge in [-0.25, -0.2) is 4.79 Å². The molecule has 2 aromatic heterocycles. The first-order valence-corrected chi connectivity index (χ1v) is 8.94. The lowest BCUT2D eigenvalue weighted by atomic mass is 10.1. The van der Waals surface area contributed by atoms with Crippen molar-refractivity contribution in [3.8, 4) is 0 Å². The number of nitrogens with one attached hydrogen (secondary N) is 1. The van der Waals surface area contributed by atoms with Gasteiger partial charge in [-0.1, -0.05) is 29.8 Å². The van der Waals surface area contributed by atoms with Gasteiger partial charge in [-0.05, 0) is 37.6 Å².